The molecule has 0 spiro atoms. The summed E-state index contributed by atoms with van der Waals surface area (Å²) >= 11 is 0. The molecule has 1 aliphatic rings. The van der Waals surface area contributed by atoms with E-state index < -0.39 is 8.32 Å². The predicted molar refractivity (Wildman–Crippen MR) is 54.4 cm³/mol. The second kappa shape index (κ2) is 3.12. The Labute approximate surface area is 76.8 Å². The van der Waals surface area contributed by atoms with E-state index in [1.165, 1.54) is 12.8 Å². The molecule has 0 amide bonds. The first-order chi connectivity index (χ1) is 5.33. The van der Waals surface area contributed by atoms with E-state index in [0.717, 1.165) is 0 Å². The number of hydroxylamine groups is 1. The Kier molecular flexibility index (Phi) is 2.66. The summed E-state index contributed by atoms with van der Waals surface area (Å²) in [6, 6.07) is 0.652. The van der Waals surface area contributed by atoms with Crippen LogP contribution in [-0.2, 0) is 4.53 Å². The summed E-state index contributed by atoms with van der Waals surface area (Å²) in [6.45, 7) is 11.3. The van der Waals surface area contributed by atoms with Gasteiger partial charge in [0.25, 0.3) is 0 Å². The van der Waals surface area contributed by atoms with Crippen LogP contribution in [0.25, 0.3) is 0 Å². The molecule has 0 aromatic carbocycles. The van der Waals surface area contributed by atoms with Crippen molar-refractivity contribution in [1.82, 2.24) is 5.48 Å². The Morgan fingerprint density at radius 3 is 2.08 bits per heavy atom. The van der Waals surface area contributed by atoms with E-state index in [1.54, 1.807) is 0 Å². The fourth-order valence-electron chi connectivity index (χ4n) is 0.585. The lowest BCUT2D eigenvalue weighted by atomic mass is 10.2. The van der Waals surface area contributed by atoms with Gasteiger partial charge in [-0.25, -0.2) is 5.48 Å². The van der Waals surface area contributed by atoms with E-state index in [4.69, 9.17) is 4.53 Å². The second-order valence-corrected chi connectivity index (χ2v) is 9.98. The SMILES string of the molecule is CC(C)(C)[Si](C)(C)ONC1CC1. The first-order valence-corrected chi connectivity index (χ1v) is 7.67. The molecule has 0 unspecified atom stereocenters. The Balaban J connectivity index is 2.35. The molecular formula is C9H21NOSi. The lowest BCUT2D eigenvalue weighted by molar-refractivity contribution is 0.167. The van der Waals surface area contributed by atoms with E-state index in [-0.39, 0.29) is 0 Å². The van der Waals surface area contributed by atoms with Crippen LogP contribution < -0.4 is 5.48 Å². The molecule has 1 rings (SSSR count). The number of hydrogen-bond acceptors (Lipinski definition) is 2. The minimum absolute atomic E-state index is 0.314. The highest BCUT2D eigenvalue weighted by atomic mass is 28.4. The van der Waals surface area contributed by atoms with Gasteiger partial charge in [-0.2, -0.15) is 0 Å². The fourth-order valence-corrected chi connectivity index (χ4v) is 1.35. The van der Waals surface area contributed by atoms with Crippen LogP contribution in [0.5, 0.6) is 0 Å². The molecule has 0 aliphatic heterocycles. The summed E-state index contributed by atoms with van der Waals surface area (Å²) in [5.41, 5.74) is 3.17. The number of hydrogen-bond donors (Lipinski definition) is 1. The van der Waals surface area contributed by atoms with E-state index >= 15 is 0 Å². The summed E-state index contributed by atoms with van der Waals surface area (Å²) in [5, 5.41) is 0.314. The average Bonchev–Trinajstić information content (AvgIpc) is 2.62. The maximum atomic E-state index is 5.81. The normalized spacial score (nSPS) is 19.8. The highest BCUT2D eigenvalue weighted by molar-refractivity contribution is 6.74. The Bertz CT molecular complexity index is 158. The van der Waals surface area contributed by atoms with Crippen LogP contribution in [0, 0.1) is 0 Å². The first-order valence-electron chi connectivity index (χ1n) is 4.76. The van der Waals surface area contributed by atoms with Crippen molar-refractivity contribution >= 4 is 8.32 Å². The molecular weight excluding hydrogens is 166 g/mol. The third-order valence-electron chi connectivity index (χ3n) is 2.86. The minimum Gasteiger partial charge on any atom is -0.345 e. The topological polar surface area (TPSA) is 21.3 Å². The molecule has 0 aromatic rings. The van der Waals surface area contributed by atoms with Crippen molar-refractivity contribution < 1.29 is 4.53 Å². The van der Waals surface area contributed by atoms with Gasteiger partial charge in [-0.3, -0.25) is 0 Å². The molecule has 0 heterocycles. The zero-order valence-electron chi connectivity index (χ0n) is 8.90. The third-order valence-corrected chi connectivity index (χ3v) is 7.10. The van der Waals surface area contributed by atoms with Crippen LogP contribution in [0.1, 0.15) is 33.6 Å². The van der Waals surface area contributed by atoms with E-state index in [0.29, 0.717) is 11.1 Å². The van der Waals surface area contributed by atoms with Crippen LogP contribution >= 0.6 is 0 Å². The van der Waals surface area contributed by atoms with Gasteiger partial charge in [-0.1, -0.05) is 20.8 Å². The van der Waals surface area contributed by atoms with Gasteiger partial charge in [-0.05, 0) is 31.0 Å². The quantitative estimate of drug-likeness (QED) is 0.542. The lowest BCUT2D eigenvalue weighted by Crippen LogP contribution is -2.45. The zero-order chi connectivity index (χ0) is 9.41. The smallest absolute Gasteiger partial charge is 0.219 e. The van der Waals surface area contributed by atoms with Crippen molar-refractivity contribution in [2.75, 3.05) is 0 Å². The third kappa shape index (κ3) is 2.57. The molecule has 12 heavy (non-hydrogen) atoms. The summed E-state index contributed by atoms with van der Waals surface area (Å²) in [5.74, 6) is 0. The molecule has 3 heteroatoms. The van der Waals surface area contributed by atoms with Crippen LogP contribution in [0.2, 0.25) is 18.1 Å². The average molecular weight is 187 g/mol. The van der Waals surface area contributed by atoms with E-state index in [2.05, 4.69) is 39.3 Å². The maximum absolute atomic E-state index is 5.81. The summed E-state index contributed by atoms with van der Waals surface area (Å²) in [4.78, 5) is 0. The largest absolute Gasteiger partial charge is 0.345 e. The molecule has 2 nitrogen and oxygen atoms in total. The van der Waals surface area contributed by atoms with Crippen molar-refractivity contribution in [2.24, 2.45) is 0 Å². The molecule has 0 radical (unpaired) electrons. The Hall–Kier alpha value is 0.137. The van der Waals surface area contributed by atoms with Gasteiger partial charge in [0.2, 0.25) is 8.32 Å². The highest BCUT2D eigenvalue weighted by Crippen LogP contribution is 2.36. The van der Waals surface area contributed by atoms with Gasteiger partial charge < -0.3 is 4.53 Å². The molecule has 72 valence electrons. The van der Waals surface area contributed by atoms with Gasteiger partial charge in [0.1, 0.15) is 0 Å². The molecule has 0 atom stereocenters. The molecule has 1 fully saturated rings. The highest BCUT2D eigenvalue weighted by Gasteiger charge is 2.39. The van der Waals surface area contributed by atoms with E-state index in [9.17, 15) is 0 Å². The van der Waals surface area contributed by atoms with Gasteiger partial charge in [0.05, 0.1) is 0 Å². The minimum atomic E-state index is -1.54. The van der Waals surface area contributed by atoms with Crippen molar-refractivity contribution in [3.05, 3.63) is 0 Å². The van der Waals surface area contributed by atoms with Crippen molar-refractivity contribution in [2.45, 2.75) is 57.8 Å². The van der Waals surface area contributed by atoms with Crippen LogP contribution in [0.15, 0.2) is 0 Å². The van der Waals surface area contributed by atoms with Crippen LogP contribution in [-0.4, -0.2) is 14.4 Å². The molecule has 0 bridgehead atoms. The summed E-state index contributed by atoms with van der Waals surface area (Å²) in [7, 11) is -1.54. The summed E-state index contributed by atoms with van der Waals surface area (Å²) < 4.78 is 5.81. The molecule has 1 N–H and O–H groups in total. The number of rotatable bonds is 3. The Morgan fingerprint density at radius 2 is 1.75 bits per heavy atom. The summed E-state index contributed by atoms with van der Waals surface area (Å²) in [6.07, 6.45) is 2.57. The maximum Gasteiger partial charge on any atom is 0.219 e. The molecule has 0 saturated heterocycles. The fraction of sp³-hybridized carbons (Fsp3) is 1.00. The monoisotopic (exact) mass is 187 g/mol. The lowest BCUT2D eigenvalue weighted by Gasteiger charge is -2.35. The number of nitrogens with one attached hydrogen (secondary N) is 1. The van der Waals surface area contributed by atoms with Gasteiger partial charge in [0.15, 0.2) is 0 Å². The first kappa shape index (κ1) is 10.2. The standard InChI is InChI=1S/C9H21NOSi/c1-9(2,3)12(4,5)11-10-8-6-7-8/h8,10H,6-7H2,1-5H3. The second-order valence-electron chi connectivity index (χ2n) is 5.25. The Morgan fingerprint density at radius 1 is 1.25 bits per heavy atom. The van der Waals surface area contributed by atoms with Crippen molar-refractivity contribution in [1.29, 1.82) is 0 Å². The molecule has 0 aromatic heterocycles. The van der Waals surface area contributed by atoms with Crippen LogP contribution in [0.3, 0.4) is 0 Å². The van der Waals surface area contributed by atoms with Crippen molar-refractivity contribution in [3.63, 3.8) is 0 Å². The van der Waals surface area contributed by atoms with Crippen molar-refractivity contribution in [3.8, 4) is 0 Å². The van der Waals surface area contributed by atoms with Gasteiger partial charge in [-0.15, -0.1) is 0 Å². The zero-order valence-corrected chi connectivity index (χ0v) is 9.90. The predicted octanol–water partition coefficient (Wildman–Crippen LogP) is 2.68. The van der Waals surface area contributed by atoms with Gasteiger partial charge >= 0.3 is 0 Å². The van der Waals surface area contributed by atoms with Gasteiger partial charge in [0, 0.05) is 6.04 Å². The van der Waals surface area contributed by atoms with E-state index in [1.807, 2.05) is 0 Å². The molecule has 1 aliphatic carbocycles. The van der Waals surface area contributed by atoms with Crippen LogP contribution in [0.4, 0.5) is 0 Å². The molecule has 1 saturated carbocycles.